The molecule has 0 atom stereocenters. The second kappa shape index (κ2) is 6.02. The van der Waals surface area contributed by atoms with Crippen LogP contribution >= 0.6 is 0 Å². The van der Waals surface area contributed by atoms with Gasteiger partial charge in [0.25, 0.3) is 0 Å². The summed E-state index contributed by atoms with van der Waals surface area (Å²) >= 11 is 0. The average molecular weight is 198 g/mol. The lowest BCUT2D eigenvalue weighted by Crippen LogP contribution is -2.33. The molecule has 1 saturated heterocycles. The summed E-state index contributed by atoms with van der Waals surface area (Å²) in [6.45, 7) is 9.44. The Balaban J connectivity index is 2.20. The second-order valence-electron chi connectivity index (χ2n) is 3.97. The van der Waals surface area contributed by atoms with E-state index in [2.05, 4.69) is 18.7 Å². The molecule has 0 aromatic carbocycles. The van der Waals surface area contributed by atoms with Gasteiger partial charge in [-0.25, -0.2) is 0 Å². The summed E-state index contributed by atoms with van der Waals surface area (Å²) < 4.78 is 0. The van der Waals surface area contributed by atoms with Crippen LogP contribution in [-0.2, 0) is 4.79 Å². The fourth-order valence-corrected chi connectivity index (χ4v) is 1.61. The summed E-state index contributed by atoms with van der Waals surface area (Å²) in [6.07, 6.45) is 2.84. The van der Waals surface area contributed by atoms with E-state index in [0.717, 1.165) is 32.5 Å². The first kappa shape index (κ1) is 11.5. The number of hydrogen-bond donors (Lipinski definition) is 0. The molecule has 0 unspecified atom stereocenters. The highest BCUT2D eigenvalue weighted by atomic mass is 16.2. The van der Waals surface area contributed by atoms with Crippen molar-refractivity contribution in [2.24, 2.45) is 0 Å². The van der Waals surface area contributed by atoms with Crippen molar-refractivity contribution < 1.29 is 4.79 Å². The van der Waals surface area contributed by atoms with Gasteiger partial charge in [-0.15, -0.1) is 0 Å². The molecule has 0 spiro atoms. The molecule has 1 heterocycles. The molecule has 1 rings (SSSR count). The molecule has 0 aliphatic carbocycles. The first-order chi connectivity index (χ1) is 6.77. The molecule has 1 aliphatic heterocycles. The normalized spacial score (nSPS) is 15.6. The molecule has 0 aromatic heterocycles. The van der Waals surface area contributed by atoms with Crippen molar-refractivity contribution in [1.82, 2.24) is 9.80 Å². The zero-order valence-corrected chi connectivity index (χ0v) is 9.46. The minimum absolute atomic E-state index is 0.334. The van der Waals surface area contributed by atoms with Gasteiger partial charge in [0.2, 0.25) is 5.91 Å². The molecule has 3 heteroatoms. The monoisotopic (exact) mass is 198 g/mol. The van der Waals surface area contributed by atoms with Crippen molar-refractivity contribution >= 4 is 5.91 Å². The molecule has 0 saturated carbocycles. The van der Waals surface area contributed by atoms with Crippen LogP contribution in [0.4, 0.5) is 0 Å². The molecule has 82 valence electrons. The van der Waals surface area contributed by atoms with Crippen LogP contribution in [0.25, 0.3) is 0 Å². The first-order valence-corrected chi connectivity index (χ1v) is 5.78. The largest absolute Gasteiger partial charge is 0.343 e. The Morgan fingerprint density at radius 2 is 1.79 bits per heavy atom. The van der Waals surface area contributed by atoms with Crippen molar-refractivity contribution in [3.63, 3.8) is 0 Å². The van der Waals surface area contributed by atoms with E-state index in [9.17, 15) is 4.79 Å². The lowest BCUT2D eigenvalue weighted by Gasteiger charge is -2.21. The van der Waals surface area contributed by atoms with E-state index >= 15 is 0 Å². The smallest absolute Gasteiger partial charge is 0.223 e. The Morgan fingerprint density at radius 3 is 2.21 bits per heavy atom. The Kier molecular flexibility index (Phi) is 4.94. The summed E-state index contributed by atoms with van der Waals surface area (Å²) in [6, 6.07) is 0. The highest BCUT2D eigenvalue weighted by Crippen LogP contribution is 2.06. The third kappa shape index (κ3) is 4.09. The summed E-state index contributed by atoms with van der Waals surface area (Å²) in [4.78, 5) is 16.1. The van der Waals surface area contributed by atoms with Gasteiger partial charge in [0.15, 0.2) is 0 Å². The number of amides is 1. The number of rotatable bonds is 7. The minimum atomic E-state index is 0.334. The van der Waals surface area contributed by atoms with Gasteiger partial charge in [0.05, 0.1) is 0 Å². The highest BCUT2D eigenvalue weighted by molar-refractivity contribution is 5.76. The van der Waals surface area contributed by atoms with E-state index in [1.807, 2.05) is 4.90 Å². The molecule has 0 bridgehead atoms. The SMILES string of the molecule is CCCN(CCC)C(=O)CCN1CC1. The van der Waals surface area contributed by atoms with Crippen molar-refractivity contribution in [3.8, 4) is 0 Å². The van der Waals surface area contributed by atoms with E-state index in [0.29, 0.717) is 12.3 Å². The van der Waals surface area contributed by atoms with Crippen LogP contribution in [0.1, 0.15) is 33.1 Å². The zero-order chi connectivity index (χ0) is 10.4. The predicted molar refractivity (Wildman–Crippen MR) is 58.2 cm³/mol. The van der Waals surface area contributed by atoms with Crippen molar-refractivity contribution in [2.75, 3.05) is 32.7 Å². The van der Waals surface area contributed by atoms with Crippen molar-refractivity contribution in [1.29, 1.82) is 0 Å². The summed E-state index contributed by atoms with van der Waals surface area (Å²) in [5, 5.41) is 0. The molecule has 0 radical (unpaired) electrons. The number of carbonyl (C=O) groups excluding carboxylic acids is 1. The van der Waals surface area contributed by atoms with E-state index < -0.39 is 0 Å². The van der Waals surface area contributed by atoms with Crippen LogP contribution in [-0.4, -0.2) is 48.4 Å². The van der Waals surface area contributed by atoms with Gasteiger partial charge in [0.1, 0.15) is 0 Å². The van der Waals surface area contributed by atoms with Gasteiger partial charge >= 0.3 is 0 Å². The standard InChI is InChI=1S/C11H22N2O/c1-3-6-13(7-4-2)11(14)5-8-12-9-10-12/h3-10H2,1-2H3. The molecular weight excluding hydrogens is 176 g/mol. The maximum absolute atomic E-state index is 11.8. The van der Waals surface area contributed by atoms with Crippen LogP contribution in [0.2, 0.25) is 0 Å². The van der Waals surface area contributed by atoms with E-state index in [-0.39, 0.29) is 0 Å². The number of carbonyl (C=O) groups is 1. The fourth-order valence-electron chi connectivity index (χ4n) is 1.61. The van der Waals surface area contributed by atoms with Crippen LogP contribution in [0, 0.1) is 0 Å². The van der Waals surface area contributed by atoms with Gasteiger partial charge in [0, 0.05) is 39.1 Å². The number of hydrogen-bond acceptors (Lipinski definition) is 2. The maximum atomic E-state index is 11.8. The Labute approximate surface area is 87.1 Å². The van der Waals surface area contributed by atoms with Crippen molar-refractivity contribution in [3.05, 3.63) is 0 Å². The number of nitrogens with zero attached hydrogens (tertiary/aromatic N) is 2. The van der Waals surface area contributed by atoms with E-state index in [1.165, 1.54) is 13.1 Å². The van der Waals surface area contributed by atoms with Crippen LogP contribution in [0.15, 0.2) is 0 Å². The summed E-state index contributed by atoms with van der Waals surface area (Å²) in [5.74, 6) is 0.334. The van der Waals surface area contributed by atoms with E-state index in [4.69, 9.17) is 0 Å². The Hall–Kier alpha value is -0.570. The zero-order valence-electron chi connectivity index (χ0n) is 9.46. The summed E-state index contributed by atoms with van der Waals surface area (Å²) in [5.41, 5.74) is 0. The van der Waals surface area contributed by atoms with Crippen LogP contribution in [0.5, 0.6) is 0 Å². The van der Waals surface area contributed by atoms with Gasteiger partial charge in [-0.05, 0) is 12.8 Å². The quantitative estimate of drug-likeness (QED) is 0.576. The molecule has 1 fully saturated rings. The molecule has 1 aliphatic rings. The van der Waals surface area contributed by atoms with Gasteiger partial charge in [-0.1, -0.05) is 13.8 Å². The third-order valence-electron chi connectivity index (χ3n) is 2.52. The second-order valence-corrected chi connectivity index (χ2v) is 3.97. The predicted octanol–water partition coefficient (Wildman–Crippen LogP) is 1.34. The molecule has 3 nitrogen and oxygen atoms in total. The Morgan fingerprint density at radius 1 is 1.21 bits per heavy atom. The topological polar surface area (TPSA) is 23.3 Å². The average Bonchev–Trinajstić information content (AvgIpc) is 2.97. The van der Waals surface area contributed by atoms with Gasteiger partial charge in [-0.3, -0.25) is 4.79 Å². The highest BCUT2D eigenvalue weighted by Gasteiger charge is 2.19. The van der Waals surface area contributed by atoms with Crippen molar-refractivity contribution in [2.45, 2.75) is 33.1 Å². The fraction of sp³-hybridized carbons (Fsp3) is 0.909. The maximum Gasteiger partial charge on any atom is 0.223 e. The third-order valence-corrected chi connectivity index (χ3v) is 2.52. The van der Waals surface area contributed by atoms with Crippen LogP contribution < -0.4 is 0 Å². The lowest BCUT2D eigenvalue weighted by molar-refractivity contribution is -0.131. The van der Waals surface area contributed by atoms with E-state index in [1.54, 1.807) is 0 Å². The molecule has 1 amide bonds. The molecular formula is C11H22N2O. The van der Waals surface area contributed by atoms with Gasteiger partial charge < -0.3 is 9.80 Å². The summed E-state index contributed by atoms with van der Waals surface area (Å²) in [7, 11) is 0. The molecule has 0 N–H and O–H groups in total. The first-order valence-electron chi connectivity index (χ1n) is 5.78. The molecule has 14 heavy (non-hydrogen) atoms. The van der Waals surface area contributed by atoms with Gasteiger partial charge in [-0.2, -0.15) is 0 Å². The molecule has 0 aromatic rings. The lowest BCUT2D eigenvalue weighted by atomic mass is 10.3. The minimum Gasteiger partial charge on any atom is -0.343 e. The Bertz CT molecular complexity index is 172. The van der Waals surface area contributed by atoms with Crippen LogP contribution in [0.3, 0.4) is 0 Å².